The number of aryl methyl sites for hydroxylation is 1. The summed E-state index contributed by atoms with van der Waals surface area (Å²) in [5, 5.41) is 3.19. The number of nitrogens with zero attached hydrogens (tertiary/aromatic N) is 3. The normalized spacial score (nSPS) is 10.7. The Morgan fingerprint density at radius 2 is 1.82 bits per heavy atom. The van der Waals surface area contributed by atoms with Gasteiger partial charge < -0.3 is 14.8 Å². The van der Waals surface area contributed by atoms with Gasteiger partial charge in [0.05, 0.1) is 17.7 Å². The number of ether oxygens (including phenoxy) is 2. The predicted molar refractivity (Wildman–Crippen MR) is 129 cm³/mol. The largest absolute Gasteiger partial charge is 0.494 e. The summed E-state index contributed by atoms with van der Waals surface area (Å²) in [7, 11) is 0. The summed E-state index contributed by atoms with van der Waals surface area (Å²) in [4.78, 5) is 34.2. The number of pyridine rings is 1. The molecule has 1 amide bonds. The molecular formula is C26H26N4O4. The average molecular weight is 459 g/mol. The Balaban J connectivity index is 1.46. The molecular weight excluding hydrogens is 432 g/mol. The van der Waals surface area contributed by atoms with Gasteiger partial charge in [0, 0.05) is 19.2 Å². The number of fused-ring (bicyclic) bond motifs is 1. The molecule has 0 bridgehead atoms. The minimum atomic E-state index is -0.485. The molecule has 174 valence electrons. The van der Waals surface area contributed by atoms with Crippen LogP contribution in [0.2, 0.25) is 0 Å². The summed E-state index contributed by atoms with van der Waals surface area (Å²) in [6, 6.07) is 20.2. The van der Waals surface area contributed by atoms with Crippen molar-refractivity contribution in [2.75, 3.05) is 13.2 Å². The summed E-state index contributed by atoms with van der Waals surface area (Å²) in [5.41, 5.74) is 1.83. The maximum atomic E-state index is 13.3. The molecule has 0 aliphatic carbocycles. The van der Waals surface area contributed by atoms with Crippen LogP contribution in [0.4, 0.5) is 4.79 Å². The van der Waals surface area contributed by atoms with Gasteiger partial charge in [-0.05, 0) is 55.3 Å². The quantitative estimate of drug-likeness (QED) is 0.381. The fourth-order valence-corrected chi connectivity index (χ4v) is 3.57. The molecule has 2 aromatic carbocycles. The molecule has 0 atom stereocenters. The number of nitrogens with one attached hydrogen (secondary N) is 1. The van der Waals surface area contributed by atoms with Crippen LogP contribution >= 0.6 is 0 Å². The van der Waals surface area contributed by atoms with E-state index in [1.165, 1.54) is 0 Å². The lowest BCUT2D eigenvalue weighted by Gasteiger charge is -2.14. The molecule has 1 N–H and O–H groups in total. The monoisotopic (exact) mass is 458 g/mol. The highest BCUT2D eigenvalue weighted by molar-refractivity contribution is 5.73. The van der Waals surface area contributed by atoms with Crippen LogP contribution in [-0.4, -0.2) is 33.8 Å². The molecule has 2 heterocycles. The van der Waals surface area contributed by atoms with Crippen molar-refractivity contribution < 1.29 is 14.3 Å². The van der Waals surface area contributed by atoms with Crippen LogP contribution in [0, 0.1) is 0 Å². The maximum absolute atomic E-state index is 13.3. The van der Waals surface area contributed by atoms with Crippen LogP contribution in [0.15, 0.2) is 77.7 Å². The maximum Gasteiger partial charge on any atom is 0.407 e. The van der Waals surface area contributed by atoms with E-state index in [0.717, 1.165) is 11.3 Å². The molecule has 0 aliphatic heterocycles. The van der Waals surface area contributed by atoms with E-state index in [1.807, 2.05) is 61.5 Å². The standard InChI is InChI=1S/C26H26N4O4/c1-2-33-21-14-12-20(13-15-21)30-23(29-24-22(25(30)31)10-6-16-27-24)11-7-17-28-26(32)34-18-19-8-4-3-5-9-19/h3-6,8-10,12-16H,2,7,11,17-18H2,1H3,(H,28,32). The SMILES string of the molecule is CCOc1ccc(-n2c(CCCNC(=O)OCc3ccccc3)nc3ncccc3c2=O)cc1. The van der Waals surface area contributed by atoms with Gasteiger partial charge in [0.25, 0.3) is 5.56 Å². The van der Waals surface area contributed by atoms with Crippen molar-refractivity contribution in [2.24, 2.45) is 0 Å². The number of carbonyl (C=O) groups excluding carboxylic acids is 1. The number of carbonyl (C=O) groups is 1. The number of hydrogen-bond acceptors (Lipinski definition) is 6. The fraction of sp³-hybridized carbons (Fsp3) is 0.231. The molecule has 0 fully saturated rings. The summed E-state index contributed by atoms with van der Waals surface area (Å²) < 4.78 is 12.3. The molecule has 8 heteroatoms. The van der Waals surface area contributed by atoms with Crippen molar-refractivity contribution in [3.8, 4) is 11.4 Å². The van der Waals surface area contributed by atoms with E-state index in [4.69, 9.17) is 9.47 Å². The molecule has 0 unspecified atom stereocenters. The lowest BCUT2D eigenvalue weighted by atomic mass is 10.2. The molecule has 0 spiro atoms. The van der Waals surface area contributed by atoms with E-state index >= 15 is 0 Å². The molecule has 2 aromatic heterocycles. The zero-order valence-electron chi connectivity index (χ0n) is 18.9. The fourth-order valence-electron chi connectivity index (χ4n) is 3.57. The van der Waals surface area contributed by atoms with E-state index < -0.39 is 6.09 Å². The molecule has 8 nitrogen and oxygen atoms in total. The first-order valence-electron chi connectivity index (χ1n) is 11.2. The molecule has 4 aromatic rings. The van der Waals surface area contributed by atoms with E-state index in [9.17, 15) is 9.59 Å². The Morgan fingerprint density at radius 1 is 1.03 bits per heavy atom. The molecule has 34 heavy (non-hydrogen) atoms. The van der Waals surface area contributed by atoms with Crippen molar-refractivity contribution in [3.05, 3.63) is 94.7 Å². The summed E-state index contributed by atoms with van der Waals surface area (Å²) in [5.74, 6) is 1.30. The molecule has 0 saturated heterocycles. The molecule has 0 saturated carbocycles. The van der Waals surface area contributed by atoms with Crippen LogP contribution in [-0.2, 0) is 17.8 Å². The average Bonchev–Trinajstić information content (AvgIpc) is 2.87. The van der Waals surface area contributed by atoms with E-state index in [-0.39, 0.29) is 12.2 Å². The van der Waals surface area contributed by atoms with Gasteiger partial charge in [-0.15, -0.1) is 0 Å². The van der Waals surface area contributed by atoms with Gasteiger partial charge >= 0.3 is 6.09 Å². The Kier molecular flexibility index (Phi) is 7.49. The Bertz CT molecular complexity index is 1300. The number of amides is 1. The second-order valence-electron chi connectivity index (χ2n) is 7.56. The van der Waals surface area contributed by atoms with Gasteiger partial charge in [0.1, 0.15) is 18.2 Å². The van der Waals surface area contributed by atoms with Gasteiger partial charge in [0.15, 0.2) is 5.65 Å². The van der Waals surface area contributed by atoms with Gasteiger partial charge in [-0.1, -0.05) is 30.3 Å². The van der Waals surface area contributed by atoms with E-state index in [2.05, 4.69) is 15.3 Å². The zero-order chi connectivity index (χ0) is 23.8. The molecule has 0 radical (unpaired) electrons. The summed E-state index contributed by atoms with van der Waals surface area (Å²) >= 11 is 0. The molecule has 4 rings (SSSR count). The van der Waals surface area contributed by atoms with Gasteiger partial charge in [-0.3, -0.25) is 9.36 Å². The lowest BCUT2D eigenvalue weighted by molar-refractivity contribution is 0.139. The minimum Gasteiger partial charge on any atom is -0.494 e. The highest BCUT2D eigenvalue weighted by Gasteiger charge is 2.14. The third-order valence-corrected chi connectivity index (χ3v) is 5.18. The Morgan fingerprint density at radius 3 is 2.59 bits per heavy atom. The van der Waals surface area contributed by atoms with E-state index in [0.29, 0.717) is 48.5 Å². The third-order valence-electron chi connectivity index (χ3n) is 5.18. The van der Waals surface area contributed by atoms with Crippen LogP contribution in [0.5, 0.6) is 5.75 Å². The number of aromatic nitrogens is 3. The Labute approximate surface area is 197 Å². The number of hydrogen-bond donors (Lipinski definition) is 1. The summed E-state index contributed by atoms with van der Waals surface area (Å²) in [6.07, 6.45) is 2.17. The first-order chi connectivity index (χ1) is 16.7. The van der Waals surface area contributed by atoms with Crippen LogP contribution in [0.25, 0.3) is 16.7 Å². The highest BCUT2D eigenvalue weighted by Crippen LogP contribution is 2.17. The number of alkyl carbamates (subject to hydrolysis) is 1. The lowest BCUT2D eigenvalue weighted by Crippen LogP contribution is -2.27. The first kappa shape index (κ1) is 23.0. The number of rotatable bonds is 9. The highest BCUT2D eigenvalue weighted by atomic mass is 16.5. The van der Waals surface area contributed by atoms with Crippen molar-refractivity contribution in [3.63, 3.8) is 0 Å². The van der Waals surface area contributed by atoms with E-state index in [1.54, 1.807) is 22.9 Å². The van der Waals surface area contributed by atoms with Crippen molar-refractivity contribution in [1.29, 1.82) is 0 Å². The predicted octanol–water partition coefficient (Wildman–Crippen LogP) is 4.04. The summed E-state index contributed by atoms with van der Waals surface area (Å²) in [6.45, 7) is 3.08. The van der Waals surface area contributed by atoms with Gasteiger partial charge in [-0.25, -0.2) is 14.8 Å². The molecule has 0 aliphatic rings. The topological polar surface area (TPSA) is 95.3 Å². The third kappa shape index (κ3) is 5.58. The Hall–Kier alpha value is -4.20. The first-order valence-corrected chi connectivity index (χ1v) is 11.2. The smallest absolute Gasteiger partial charge is 0.407 e. The second kappa shape index (κ2) is 11.1. The van der Waals surface area contributed by atoms with Crippen molar-refractivity contribution >= 4 is 17.1 Å². The van der Waals surface area contributed by atoms with Gasteiger partial charge in [-0.2, -0.15) is 0 Å². The minimum absolute atomic E-state index is 0.188. The van der Waals surface area contributed by atoms with Crippen molar-refractivity contribution in [2.45, 2.75) is 26.4 Å². The van der Waals surface area contributed by atoms with Gasteiger partial charge in [0.2, 0.25) is 0 Å². The number of benzene rings is 2. The van der Waals surface area contributed by atoms with Crippen molar-refractivity contribution in [1.82, 2.24) is 19.9 Å². The van der Waals surface area contributed by atoms with Crippen LogP contribution < -0.4 is 15.6 Å². The zero-order valence-corrected chi connectivity index (χ0v) is 18.9. The second-order valence-corrected chi connectivity index (χ2v) is 7.56. The van der Waals surface area contributed by atoms with Crippen LogP contribution in [0.1, 0.15) is 24.7 Å². The van der Waals surface area contributed by atoms with Crippen LogP contribution in [0.3, 0.4) is 0 Å².